The molecule has 0 aromatic heterocycles. The number of rotatable bonds is 4. The number of benzene rings is 1. The Labute approximate surface area is 115 Å². The molecule has 2 atom stereocenters. The zero-order valence-electron chi connectivity index (χ0n) is 12.1. The van der Waals surface area contributed by atoms with Gasteiger partial charge in [-0.1, -0.05) is 45.0 Å². The second-order valence-electron chi connectivity index (χ2n) is 6.04. The van der Waals surface area contributed by atoms with E-state index in [0.29, 0.717) is 24.8 Å². The maximum absolute atomic E-state index is 11.8. The summed E-state index contributed by atoms with van der Waals surface area (Å²) < 4.78 is 0. The summed E-state index contributed by atoms with van der Waals surface area (Å²) in [6.07, 6.45) is 0.666. The first kappa shape index (κ1) is 14.1. The average molecular weight is 260 g/mol. The van der Waals surface area contributed by atoms with E-state index in [1.807, 2.05) is 4.90 Å². The lowest BCUT2D eigenvalue weighted by Gasteiger charge is -2.21. The Kier molecular flexibility index (Phi) is 4.25. The highest BCUT2D eigenvalue weighted by Crippen LogP contribution is 2.22. The minimum absolute atomic E-state index is 0.0875. The number of hydrogen-bond donors (Lipinski definition) is 1. The molecule has 2 N–H and O–H groups in total. The van der Waals surface area contributed by atoms with Crippen molar-refractivity contribution in [3.05, 3.63) is 35.4 Å². The predicted octanol–water partition coefficient (Wildman–Crippen LogP) is 2.68. The van der Waals surface area contributed by atoms with Gasteiger partial charge in [0.15, 0.2) is 0 Å². The van der Waals surface area contributed by atoms with Crippen molar-refractivity contribution < 1.29 is 4.79 Å². The number of carbonyl (C=O) groups excluding carboxylic acids is 1. The van der Waals surface area contributed by atoms with Crippen LogP contribution < -0.4 is 5.73 Å². The molecule has 1 aromatic rings. The maximum atomic E-state index is 11.8. The Bertz CT molecular complexity index is 439. The van der Waals surface area contributed by atoms with Gasteiger partial charge in [0, 0.05) is 25.6 Å². The van der Waals surface area contributed by atoms with Gasteiger partial charge >= 0.3 is 0 Å². The smallest absolute Gasteiger partial charge is 0.222 e. The molecule has 2 unspecified atom stereocenters. The van der Waals surface area contributed by atoms with Crippen molar-refractivity contribution in [2.24, 2.45) is 11.7 Å². The maximum Gasteiger partial charge on any atom is 0.222 e. The first-order chi connectivity index (χ1) is 8.97. The van der Waals surface area contributed by atoms with Crippen molar-refractivity contribution in [1.82, 2.24) is 4.90 Å². The van der Waals surface area contributed by atoms with Gasteiger partial charge in [0.1, 0.15) is 0 Å². The largest absolute Gasteiger partial charge is 0.341 e. The minimum atomic E-state index is -0.0875. The van der Waals surface area contributed by atoms with Crippen LogP contribution in [0.2, 0.25) is 0 Å². The van der Waals surface area contributed by atoms with Crippen LogP contribution in [0, 0.1) is 5.92 Å². The van der Waals surface area contributed by atoms with Gasteiger partial charge in [0.2, 0.25) is 5.91 Å². The molecule has 0 radical (unpaired) electrons. The molecule has 0 spiro atoms. The first-order valence-electron chi connectivity index (χ1n) is 7.10. The van der Waals surface area contributed by atoms with E-state index in [1.165, 1.54) is 5.56 Å². The molecular weight excluding hydrogens is 236 g/mol. The van der Waals surface area contributed by atoms with Crippen LogP contribution in [0.3, 0.4) is 0 Å². The van der Waals surface area contributed by atoms with Crippen molar-refractivity contribution in [1.29, 1.82) is 0 Å². The molecule has 1 heterocycles. The Balaban J connectivity index is 1.99. The van der Waals surface area contributed by atoms with Crippen LogP contribution in [0.15, 0.2) is 24.3 Å². The third kappa shape index (κ3) is 3.35. The topological polar surface area (TPSA) is 46.3 Å². The highest BCUT2D eigenvalue weighted by molar-refractivity contribution is 5.78. The zero-order chi connectivity index (χ0) is 14.0. The van der Waals surface area contributed by atoms with Gasteiger partial charge in [0.25, 0.3) is 0 Å². The molecule has 0 saturated carbocycles. The SMILES string of the molecule is CC1CC(=O)N(CC(N)c2ccc(C(C)C)cc2)C1. The number of hydrogen-bond acceptors (Lipinski definition) is 2. The summed E-state index contributed by atoms with van der Waals surface area (Å²) in [6.45, 7) is 7.94. The number of nitrogens with zero attached hydrogens (tertiary/aromatic N) is 1. The quantitative estimate of drug-likeness (QED) is 0.904. The van der Waals surface area contributed by atoms with Crippen LogP contribution in [0.1, 0.15) is 50.3 Å². The van der Waals surface area contributed by atoms with Crippen molar-refractivity contribution in [2.75, 3.05) is 13.1 Å². The van der Waals surface area contributed by atoms with E-state index >= 15 is 0 Å². The number of nitrogens with two attached hydrogens (primary N) is 1. The minimum Gasteiger partial charge on any atom is -0.341 e. The molecule has 1 aliphatic rings. The van der Waals surface area contributed by atoms with E-state index in [4.69, 9.17) is 5.73 Å². The lowest BCUT2D eigenvalue weighted by atomic mass is 9.99. The monoisotopic (exact) mass is 260 g/mol. The summed E-state index contributed by atoms with van der Waals surface area (Å²) in [4.78, 5) is 13.7. The van der Waals surface area contributed by atoms with Gasteiger partial charge in [-0.15, -0.1) is 0 Å². The van der Waals surface area contributed by atoms with E-state index in [9.17, 15) is 4.79 Å². The molecule has 1 aliphatic heterocycles. The summed E-state index contributed by atoms with van der Waals surface area (Å²) in [7, 11) is 0. The zero-order valence-corrected chi connectivity index (χ0v) is 12.1. The van der Waals surface area contributed by atoms with Crippen molar-refractivity contribution in [2.45, 2.75) is 39.2 Å². The summed E-state index contributed by atoms with van der Waals surface area (Å²) in [5.74, 6) is 1.23. The molecule has 3 heteroatoms. The molecule has 0 bridgehead atoms. The fourth-order valence-electron chi connectivity index (χ4n) is 2.62. The van der Waals surface area contributed by atoms with Gasteiger partial charge in [-0.25, -0.2) is 0 Å². The number of likely N-dealkylation sites (tertiary alicyclic amines) is 1. The third-order valence-electron chi connectivity index (χ3n) is 3.86. The van der Waals surface area contributed by atoms with E-state index in [2.05, 4.69) is 45.0 Å². The fraction of sp³-hybridized carbons (Fsp3) is 0.562. The molecule has 0 aliphatic carbocycles. The van der Waals surface area contributed by atoms with Crippen LogP contribution in [0.4, 0.5) is 0 Å². The molecule has 2 rings (SSSR count). The molecular formula is C16H24N2O. The van der Waals surface area contributed by atoms with E-state index < -0.39 is 0 Å². The van der Waals surface area contributed by atoms with Gasteiger partial charge in [-0.2, -0.15) is 0 Å². The van der Waals surface area contributed by atoms with Crippen LogP contribution in [-0.2, 0) is 4.79 Å². The van der Waals surface area contributed by atoms with Gasteiger partial charge in [0.05, 0.1) is 0 Å². The Morgan fingerprint density at radius 1 is 1.26 bits per heavy atom. The van der Waals surface area contributed by atoms with Gasteiger partial charge in [-0.05, 0) is 23.0 Å². The molecule has 19 heavy (non-hydrogen) atoms. The summed E-state index contributed by atoms with van der Waals surface area (Å²) >= 11 is 0. The molecule has 1 saturated heterocycles. The van der Waals surface area contributed by atoms with Crippen molar-refractivity contribution in [3.63, 3.8) is 0 Å². The lowest BCUT2D eigenvalue weighted by Crippen LogP contribution is -2.33. The Morgan fingerprint density at radius 3 is 2.32 bits per heavy atom. The normalized spacial score (nSPS) is 21.2. The standard InChI is InChI=1S/C16H24N2O/c1-11(2)13-4-6-14(7-5-13)15(17)10-18-9-12(3)8-16(18)19/h4-7,11-12,15H,8-10,17H2,1-3H3. The molecule has 1 aromatic carbocycles. The predicted molar refractivity (Wildman–Crippen MR) is 77.8 cm³/mol. The lowest BCUT2D eigenvalue weighted by molar-refractivity contribution is -0.127. The van der Waals surface area contributed by atoms with Crippen LogP contribution in [0.5, 0.6) is 0 Å². The Hall–Kier alpha value is -1.35. The van der Waals surface area contributed by atoms with Crippen molar-refractivity contribution in [3.8, 4) is 0 Å². The highest BCUT2D eigenvalue weighted by atomic mass is 16.2. The molecule has 1 fully saturated rings. The second kappa shape index (κ2) is 5.74. The van der Waals surface area contributed by atoms with E-state index in [1.54, 1.807) is 0 Å². The van der Waals surface area contributed by atoms with Crippen LogP contribution in [-0.4, -0.2) is 23.9 Å². The summed E-state index contributed by atoms with van der Waals surface area (Å²) in [6, 6.07) is 8.35. The van der Waals surface area contributed by atoms with Crippen molar-refractivity contribution >= 4 is 5.91 Å². The fourth-order valence-corrected chi connectivity index (χ4v) is 2.62. The molecule has 1 amide bonds. The summed E-state index contributed by atoms with van der Waals surface area (Å²) in [5, 5.41) is 0. The average Bonchev–Trinajstić information content (AvgIpc) is 2.68. The Morgan fingerprint density at radius 2 is 1.84 bits per heavy atom. The third-order valence-corrected chi connectivity index (χ3v) is 3.86. The highest BCUT2D eigenvalue weighted by Gasteiger charge is 2.27. The van der Waals surface area contributed by atoms with Crippen LogP contribution >= 0.6 is 0 Å². The molecule has 104 valence electrons. The molecule has 3 nitrogen and oxygen atoms in total. The number of carbonyl (C=O) groups is 1. The van der Waals surface area contributed by atoms with E-state index in [-0.39, 0.29) is 11.9 Å². The van der Waals surface area contributed by atoms with Gasteiger partial charge < -0.3 is 10.6 Å². The van der Waals surface area contributed by atoms with Crippen LogP contribution in [0.25, 0.3) is 0 Å². The first-order valence-corrected chi connectivity index (χ1v) is 7.10. The summed E-state index contributed by atoms with van der Waals surface area (Å²) in [5.41, 5.74) is 8.64. The van der Waals surface area contributed by atoms with E-state index in [0.717, 1.165) is 12.1 Å². The number of amides is 1. The second-order valence-corrected chi connectivity index (χ2v) is 6.04. The van der Waals surface area contributed by atoms with Gasteiger partial charge in [-0.3, -0.25) is 4.79 Å².